The van der Waals surface area contributed by atoms with Crippen LogP contribution in [0.1, 0.15) is 5.69 Å². The van der Waals surface area contributed by atoms with Gasteiger partial charge in [0, 0.05) is 10.2 Å². The summed E-state index contributed by atoms with van der Waals surface area (Å²) >= 11 is 11.2. The Labute approximate surface area is 146 Å². The van der Waals surface area contributed by atoms with Crippen LogP contribution in [0.2, 0.25) is 5.02 Å². The van der Waals surface area contributed by atoms with Crippen LogP contribution >= 0.6 is 23.8 Å². The Morgan fingerprint density at radius 1 is 1.12 bits per heavy atom. The highest BCUT2D eigenvalue weighted by molar-refractivity contribution is 7.71. The molecule has 5 nitrogen and oxygen atoms in total. The summed E-state index contributed by atoms with van der Waals surface area (Å²) in [5.41, 5.74) is 1.20. The fraction of sp³-hybridized carbons (Fsp3) is 0. The van der Waals surface area contributed by atoms with E-state index in [2.05, 4.69) is 9.98 Å². The van der Waals surface area contributed by atoms with Crippen LogP contribution < -0.4 is 10.6 Å². The predicted octanol–water partition coefficient (Wildman–Crippen LogP) is 2.25. The average Bonchev–Trinajstić information content (AvgIpc) is 3.04. The second-order valence-corrected chi connectivity index (χ2v) is 6.07. The van der Waals surface area contributed by atoms with E-state index in [0.717, 1.165) is 0 Å². The normalized spacial score (nSPS) is 13.0. The number of amides is 1. The second kappa shape index (κ2) is 5.43. The summed E-state index contributed by atoms with van der Waals surface area (Å²) in [5, 5.41) is 12.5. The van der Waals surface area contributed by atoms with Gasteiger partial charge in [-0.1, -0.05) is 29.8 Å². The molecule has 1 amide bonds. The monoisotopic (exact) mass is 355 g/mol. The summed E-state index contributed by atoms with van der Waals surface area (Å²) in [6.07, 6.45) is 0. The van der Waals surface area contributed by atoms with E-state index in [1.165, 1.54) is 4.57 Å². The van der Waals surface area contributed by atoms with Crippen LogP contribution in [0.3, 0.4) is 0 Å². The fourth-order valence-corrected chi connectivity index (χ4v) is 3.16. The highest BCUT2D eigenvalue weighted by Crippen LogP contribution is 2.28. The van der Waals surface area contributed by atoms with Gasteiger partial charge in [-0.2, -0.15) is 0 Å². The molecule has 0 atom stereocenters. The van der Waals surface area contributed by atoms with E-state index in [-0.39, 0.29) is 16.3 Å². The van der Waals surface area contributed by atoms with Gasteiger partial charge in [0.1, 0.15) is 5.69 Å². The van der Waals surface area contributed by atoms with Crippen LogP contribution in [0.15, 0.2) is 53.5 Å². The maximum Gasteiger partial charge on any atom is 0.280 e. The molecule has 2 N–H and O–H groups in total. The molecule has 0 bridgehead atoms. The zero-order valence-electron chi connectivity index (χ0n) is 12.2. The average molecular weight is 356 g/mol. The molecule has 4 rings (SSSR count). The van der Waals surface area contributed by atoms with E-state index < -0.39 is 5.91 Å². The van der Waals surface area contributed by atoms with Crippen molar-refractivity contribution in [3.63, 3.8) is 0 Å². The number of fused-ring (bicyclic) bond motifs is 1. The maximum absolute atomic E-state index is 12.3. The molecule has 0 spiro atoms. The van der Waals surface area contributed by atoms with Gasteiger partial charge in [0.2, 0.25) is 5.88 Å². The third kappa shape index (κ3) is 2.19. The lowest BCUT2D eigenvalue weighted by Crippen LogP contribution is -2.22. The van der Waals surface area contributed by atoms with Crippen LogP contribution in [0.5, 0.6) is 5.88 Å². The molecule has 24 heavy (non-hydrogen) atoms. The van der Waals surface area contributed by atoms with Gasteiger partial charge < -0.3 is 10.1 Å². The number of nitrogens with zero attached hydrogens (tertiary/aromatic N) is 2. The molecule has 0 fully saturated rings. The number of rotatable bonds is 2. The Bertz CT molecular complexity index is 1160. The van der Waals surface area contributed by atoms with Gasteiger partial charge in [0.15, 0.2) is 4.77 Å². The number of imidazole rings is 1. The van der Waals surface area contributed by atoms with Gasteiger partial charge >= 0.3 is 0 Å². The summed E-state index contributed by atoms with van der Waals surface area (Å²) in [4.78, 5) is 19.2. The van der Waals surface area contributed by atoms with E-state index in [1.54, 1.807) is 42.5 Å². The largest absolute Gasteiger partial charge is 0.493 e. The Hall–Kier alpha value is -2.70. The number of hydrogen-bond donors (Lipinski definition) is 2. The van der Waals surface area contributed by atoms with Crippen LogP contribution in [0, 0.1) is 4.77 Å². The number of aromatic amines is 1. The number of aromatic nitrogens is 2. The van der Waals surface area contributed by atoms with E-state index in [9.17, 15) is 9.90 Å². The first-order valence-corrected chi connectivity index (χ1v) is 7.87. The zero-order chi connectivity index (χ0) is 16.8. The fourth-order valence-electron chi connectivity index (χ4n) is 2.74. The van der Waals surface area contributed by atoms with Crippen molar-refractivity contribution in [2.24, 2.45) is 4.99 Å². The SMILES string of the molecule is O=C1N=c2ccccc2=C1c1[nH]c(=S)n(-c2ccc(Cl)cc2)c1O. The van der Waals surface area contributed by atoms with Gasteiger partial charge in [0.25, 0.3) is 5.91 Å². The molecular formula is C17H10ClN3O2S. The van der Waals surface area contributed by atoms with Crippen molar-refractivity contribution in [2.75, 3.05) is 0 Å². The summed E-state index contributed by atoms with van der Waals surface area (Å²) in [6, 6.07) is 14.0. The summed E-state index contributed by atoms with van der Waals surface area (Å²) in [7, 11) is 0. The minimum Gasteiger partial charge on any atom is -0.493 e. The third-order valence-corrected chi connectivity index (χ3v) is 4.35. The van der Waals surface area contributed by atoms with E-state index in [4.69, 9.17) is 23.8 Å². The molecule has 2 aromatic carbocycles. The quantitative estimate of drug-likeness (QED) is 0.693. The number of aromatic hydroxyl groups is 1. The van der Waals surface area contributed by atoms with Crippen LogP contribution in [-0.4, -0.2) is 20.6 Å². The number of benzene rings is 2. The molecule has 2 heterocycles. The Kier molecular flexibility index (Phi) is 3.37. The van der Waals surface area contributed by atoms with Crippen molar-refractivity contribution < 1.29 is 9.90 Å². The Balaban J connectivity index is 1.99. The van der Waals surface area contributed by atoms with Gasteiger partial charge in [-0.3, -0.25) is 9.36 Å². The first-order valence-electron chi connectivity index (χ1n) is 7.09. The van der Waals surface area contributed by atoms with Crippen molar-refractivity contribution in [2.45, 2.75) is 0 Å². The van der Waals surface area contributed by atoms with Crippen molar-refractivity contribution in [1.29, 1.82) is 0 Å². The number of carbonyl (C=O) groups is 1. The summed E-state index contributed by atoms with van der Waals surface area (Å²) < 4.78 is 1.72. The molecule has 1 aliphatic rings. The first-order chi connectivity index (χ1) is 11.6. The molecule has 0 unspecified atom stereocenters. The lowest BCUT2D eigenvalue weighted by atomic mass is 10.1. The Morgan fingerprint density at radius 3 is 2.58 bits per heavy atom. The predicted molar refractivity (Wildman–Crippen MR) is 92.4 cm³/mol. The number of para-hydroxylation sites is 1. The molecule has 7 heteroatoms. The Morgan fingerprint density at radius 2 is 1.83 bits per heavy atom. The van der Waals surface area contributed by atoms with E-state index in [0.29, 0.717) is 26.9 Å². The molecule has 3 aromatic rings. The van der Waals surface area contributed by atoms with Crippen molar-refractivity contribution in [3.05, 3.63) is 74.6 Å². The van der Waals surface area contributed by atoms with Crippen molar-refractivity contribution in [1.82, 2.24) is 9.55 Å². The number of carbonyl (C=O) groups excluding carboxylic acids is 1. The number of H-pyrrole nitrogens is 1. The minimum atomic E-state index is -0.411. The van der Waals surface area contributed by atoms with E-state index >= 15 is 0 Å². The topological polar surface area (TPSA) is 70.4 Å². The lowest BCUT2D eigenvalue weighted by molar-refractivity contribution is -0.112. The van der Waals surface area contributed by atoms with Crippen molar-refractivity contribution >= 4 is 35.3 Å². The van der Waals surface area contributed by atoms with Crippen LogP contribution in [-0.2, 0) is 4.79 Å². The van der Waals surface area contributed by atoms with Crippen LogP contribution in [0.4, 0.5) is 0 Å². The first kappa shape index (κ1) is 14.9. The minimum absolute atomic E-state index is 0.141. The summed E-state index contributed by atoms with van der Waals surface area (Å²) in [5.74, 6) is -0.552. The number of halogens is 1. The molecule has 0 aliphatic carbocycles. The number of hydrogen-bond acceptors (Lipinski definition) is 3. The summed E-state index contributed by atoms with van der Waals surface area (Å²) in [6.45, 7) is 0. The van der Waals surface area contributed by atoms with Gasteiger partial charge in [-0.05, 0) is 42.5 Å². The maximum atomic E-state index is 12.3. The molecule has 0 saturated carbocycles. The standard InChI is InChI=1S/C17H10ClN3O2S/c18-9-5-7-10(8-6-9)21-16(23)14(20-17(21)24)13-11-3-1-2-4-12(11)19-15(13)22/h1-8,23H,(H,20,24). The van der Waals surface area contributed by atoms with Gasteiger partial charge in [0.05, 0.1) is 16.6 Å². The van der Waals surface area contributed by atoms with Crippen molar-refractivity contribution in [3.8, 4) is 11.6 Å². The molecular weight excluding hydrogens is 346 g/mol. The smallest absolute Gasteiger partial charge is 0.280 e. The molecule has 0 saturated heterocycles. The van der Waals surface area contributed by atoms with Gasteiger partial charge in [-0.15, -0.1) is 0 Å². The lowest BCUT2D eigenvalue weighted by Gasteiger charge is -2.05. The highest BCUT2D eigenvalue weighted by Gasteiger charge is 2.25. The third-order valence-electron chi connectivity index (χ3n) is 3.81. The second-order valence-electron chi connectivity index (χ2n) is 5.25. The number of nitrogens with one attached hydrogen (secondary N) is 1. The molecule has 1 aromatic heterocycles. The zero-order valence-corrected chi connectivity index (χ0v) is 13.7. The molecule has 118 valence electrons. The van der Waals surface area contributed by atoms with Gasteiger partial charge in [-0.25, -0.2) is 4.99 Å². The van der Waals surface area contributed by atoms with Crippen LogP contribution in [0.25, 0.3) is 11.3 Å². The molecule has 1 aliphatic heterocycles. The highest BCUT2D eigenvalue weighted by atomic mass is 35.5. The molecule has 0 radical (unpaired) electrons. The van der Waals surface area contributed by atoms with E-state index in [1.807, 2.05) is 6.07 Å².